The summed E-state index contributed by atoms with van der Waals surface area (Å²) in [4.78, 5) is 31.0. The van der Waals surface area contributed by atoms with Crippen molar-refractivity contribution in [1.82, 2.24) is 14.6 Å². The van der Waals surface area contributed by atoms with Gasteiger partial charge in [-0.2, -0.15) is 0 Å². The Morgan fingerprint density at radius 3 is 2.27 bits per heavy atom. The number of aromatic nitrogens is 1. The lowest BCUT2D eigenvalue weighted by atomic mass is 10.1. The van der Waals surface area contributed by atoms with Crippen molar-refractivity contribution < 1.29 is 32.6 Å². The van der Waals surface area contributed by atoms with Crippen molar-refractivity contribution in [2.45, 2.75) is 51.6 Å². The minimum atomic E-state index is -4.22. The molecule has 2 amide bonds. The molecule has 0 aliphatic heterocycles. The van der Waals surface area contributed by atoms with Crippen LogP contribution in [-0.2, 0) is 29.6 Å². The zero-order valence-corrected chi connectivity index (χ0v) is 25.4. The highest BCUT2D eigenvalue weighted by molar-refractivity contribution is 7.91. The number of nitrogens with one attached hydrogen (secondary N) is 1. The lowest BCUT2D eigenvalue weighted by Gasteiger charge is -2.23. The number of thiazole rings is 1. The van der Waals surface area contributed by atoms with Crippen LogP contribution in [0.2, 0.25) is 0 Å². The van der Waals surface area contributed by atoms with Crippen LogP contribution < -0.4 is 19.9 Å². The van der Waals surface area contributed by atoms with Gasteiger partial charge in [0.2, 0.25) is 0 Å². The van der Waals surface area contributed by atoms with E-state index in [0.29, 0.717) is 35.0 Å². The number of hydrogen-bond donors (Lipinski definition) is 3. The SMILES string of the molecule is COc1cc(C(=O)N(CCCc2ccccc2)Cc2nc(C(=O)NS(=O)(=O)C(C)(C)N)c(CO)s2)cc(OC)c1C. The molecular weight excluding hydrogens is 568 g/mol. The summed E-state index contributed by atoms with van der Waals surface area (Å²) < 4.78 is 37.6. The molecule has 0 saturated carbocycles. The number of aryl methyl sites for hydroxylation is 1. The molecule has 4 N–H and O–H groups in total. The van der Waals surface area contributed by atoms with Gasteiger partial charge in [0.1, 0.15) is 27.1 Å². The maximum atomic E-state index is 13.8. The Morgan fingerprint density at radius 2 is 1.73 bits per heavy atom. The van der Waals surface area contributed by atoms with Crippen LogP contribution in [0.5, 0.6) is 11.5 Å². The van der Waals surface area contributed by atoms with Crippen LogP contribution in [0, 0.1) is 6.92 Å². The predicted octanol–water partition coefficient (Wildman–Crippen LogP) is 2.99. The number of aliphatic hydroxyl groups is 1. The second-order valence-electron chi connectivity index (χ2n) is 9.90. The van der Waals surface area contributed by atoms with Gasteiger partial charge >= 0.3 is 0 Å². The number of rotatable bonds is 13. The van der Waals surface area contributed by atoms with Crippen molar-refractivity contribution in [3.63, 3.8) is 0 Å². The Labute approximate surface area is 244 Å². The lowest BCUT2D eigenvalue weighted by Crippen LogP contribution is -2.50. The summed E-state index contributed by atoms with van der Waals surface area (Å²) in [5.41, 5.74) is 7.66. The van der Waals surface area contributed by atoms with E-state index in [2.05, 4.69) is 4.98 Å². The normalized spacial score (nSPS) is 11.7. The molecule has 41 heavy (non-hydrogen) atoms. The first-order chi connectivity index (χ1) is 19.3. The molecule has 0 aliphatic rings. The molecule has 0 saturated heterocycles. The molecule has 0 unspecified atom stereocenters. The fourth-order valence-corrected chi connectivity index (χ4v) is 5.53. The molecule has 0 bridgehead atoms. The van der Waals surface area contributed by atoms with E-state index in [1.54, 1.807) is 17.0 Å². The van der Waals surface area contributed by atoms with Crippen LogP contribution >= 0.6 is 11.3 Å². The molecule has 0 aliphatic carbocycles. The fraction of sp³-hybridized carbons (Fsp3) is 0.393. The number of amides is 2. The van der Waals surface area contributed by atoms with Crippen LogP contribution in [-0.4, -0.2) is 60.9 Å². The van der Waals surface area contributed by atoms with Gasteiger partial charge in [0.25, 0.3) is 21.8 Å². The highest BCUT2D eigenvalue weighted by atomic mass is 32.2. The largest absolute Gasteiger partial charge is 0.496 e. The van der Waals surface area contributed by atoms with E-state index < -0.39 is 27.4 Å². The number of methoxy groups -OCH3 is 2. The molecule has 1 aromatic heterocycles. The minimum absolute atomic E-state index is 0.0200. The second kappa shape index (κ2) is 13.4. The van der Waals surface area contributed by atoms with Gasteiger partial charge in [-0.25, -0.2) is 18.1 Å². The van der Waals surface area contributed by atoms with Crippen molar-refractivity contribution in [3.8, 4) is 11.5 Å². The van der Waals surface area contributed by atoms with Crippen LogP contribution in [0.4, 0.5) is 0 Å². The topological polar surface area (TPSA) is 161 Å². The van der Waals surface area contributed by atoms with Crippen molar-refractivity contribution in [2.75, 3.05) is 20.8 Å². The lowest BCUT2D eigenvalue weighted by molar-refractivity contribution is 0.0740. The van der Waals surface area contributed by atoms with Crippen molar-refractivity contribution in [1.29, 1.82) is 0 Å². The molecule has 11 nitrogen and oxygen atoms in total. The van der Waals surface area contributed by atoms with E-state index in [9.17, 15) is 23.1 Å². The minimum Gasteiger partial charge on any atom is -0.496 e. The average molecular weight is 605 g/mol. The number of nitrogens with two attached hydrogens (primary N) is 1. The molecule has 222 valence electrons. The zero-order chi connectivity index (χ0) is 30.4. The van der Waals surface area contributed by atoms with Gasteiger partial charge in [0.15, 0.2) is 0 Å². The average Bonchev–Trinajstić information content (AvgIpc) is 3.35. The number of aliphatic hydroxyl groups excluding tert-OH is 1. The Bertz CT molecular complexity index is 1460. The van der Waals surface area contributed by atoms with Crippen molar-refractivity contribution >= 4 is 33.2 Å². The first-order valence-corrected chi connectivity index (χ1v) is 15.1. The Balaban J connectivity index is 1.92. The first kappa shape index (κ1) is 32.0. The maximum absolute atomic E-state index is 13.8. The van der Waals surface area contributed by atoms with E-state index in [4.69, 9.17) is 15.2 Å². The molecule has 3 rings (SSSR count). The van der Waals surface area contributed by atoms with Crippen LogP contribution in [0.1, 0.15) is 62.1 Å². The number of sulfonamides is 1. The molecule has 3 aromatic rings. The van der Waals surface area contributed by atoms with E-state index >= 15 is 0 Å². The van der Waals surface area contributed by atoms with Gasteiger partial charge < -0.3 is 25.2 Å². The van der Waals surface area contributed by atoms with Gasteiger partial charge in [0, 0.05) is 17.7 Å². The third-order valence-electron chi connectivity index (χ3n) is 6.37. The maximum Gasteiger partial charge on any atom is 0.284 e. The third-order valence-corrected chi connectivity index (χ3v) is 9.23. The summed E-state index contributed by atoms with van der Waals surface area (Å²) in [6.45, 7) is 4.16. The Morgan fingerprint density at radius 1 is 1.12 bits per heavy atom. The second-order valence-corrected chi connectivity index (χ2v) is 13.3. The van der Waals surface area contributed by atoms with Crippen molar-refractivity contribution in [2.24, 2.45) is 5.73 Å². The number of ether oxygens (including phenoxy) is 2. The molecule has 0 radical (unpaired) electrons. The molecule has 13 heteroatoms. The van der Waals surface area contributed by atoms with Gasteiger partial charge in [-0.3, -0.25) is 9.59 Å². The molecule has 0 fully saturated rings. The summed E-state index contributed by atoms with van der Waals surface area (Å²) in [5, 5.41) is 10.2. The number of carbonyl (C=O) groups excluding carboxylic acids is 2. The summed E-state index contributed by atoms with van der Waals surface area (Å²) in [6.07, 6.45) is 1.37. The van der Waals surface area contributed by atoms with E-state index in [0.717, 1.165) is 28.9 Å². The quantitative estimate of drug-likeness (QED) is 0.266. The molecule has 0 spiro atoms. The summed E-state index contributed by atoms with van der Waals surface area (Å²) in [5.74, 6) is -0.326. The fourth-order valence-electron chi connectivity index (χ4n) is 3.98. The van der Waals surface area contributed by atoms with E-state index in [1.165, 1.54) is 28.1 Å². The highest BCUT2D eigenvalue weighted by Gasteiger charge is 2.33. The Kier molecular flexibility index (Phi) is 10.5. The number of carbonyl (C=O) groups is 2. The summed E-state index contributed by atoms with van der Waals surface area (Å²) >= 11 is 1.02. The Hall–Kier alpha value is -3.52. The van der Waals surface area contributed by atoms with E-state index in [1.807, 2.05) is 42.0 Å². The number of benzene rings is 2. The van der Waals surface area contributed by atoms with Gasteiger partial charge in [-0.1, -0.05) is 30.3 Å². The van der Waals surface area contributed by atoms with E-state index in [-0.39, 0.29) is 23.0 Å². The molecule has 2 aromatic carbocycles. The van der Waals surface area contributed by atoms with Crippen molar-refractivity contribution in [3.05, 3.63) is 74.7 Å². The molecular formula is C28H36N4O7S2. The molecule has 1 heterocycles. The van der Waals surface area contributed by atoms with Gasteiger partial charge in [-0.15, -0.1) is 11.3 Å². The zero-order valence-electron chi connectivity index (χ0n) is 23.8. The standard InChI is InChI=1S/C28H36N4O7S2/c1-18-21(38-4)14-20(15-22(18)39-5)27(35)32(13-9-12-19-10-7-6-8-11-19)16-24-30-25(23(17-33)40-24)26(34)31-41(36,37)28(2,3)29/h6-8,10-11,14-15,33H,9,12-13,16-17,29H2,1-5H3,(H,31,34). The smallest absolute Gasteiger partial charge is 0.284 e. The third kappa shape index (κ3) is 7.82. The highest BCUT2D eigenvalue weighted by Crippen LogP contribution is 2.31. The van der Waals surface area contributed by atoms with Crippen LogP contribution in [0.25, 0.3) is 0 Å². The van der Waals surface area contributed by atoms with Gasteiger partial charge in [0.05, 0.1) is 32.2 Å². The monoisotopic (exact) mass is 604 g/mol. The predicted molar refractivity (Wildman–Crippen MR) is 156 cm³/mol. The van der Waals surface area contributed by atoms with Gasteiger partial charge in [-0.05, 0) is 51.3 Å². The molecule has 0 atom stereocenters. The van der Waals surface area contributed by atoms with Crippen LogP contribution in [0.3, 0.4) is 0 Å². The van der Waals surface area contributed by atoms with Crippen LogP contribution in [0.15, 0.2) is 42.5 Å². The summed E-state index contributed by atoms with van der Waals surface area (Å²) in [7, 11) is -1.19. The first-order valence-electron chi connectivity index (χ1n) is 12.8. The summed E-state index contributed by atoms with van der Waals surface area (Å²) in [6, 6.07) is 13.1. The number of nitrogens with zero attached hydrogens (tertiary/aromatic N) is 2. The number of hydrogen-bond acceptors (Lipinski definition) is 10.